The number of likely N-dealkylation sites (N-methyl/N-ethyl adjacent to an activating group) is 1. The summed E-state index contributed by atoms with van der Waals surface area (Å²) >= 11 is 0. The minimum Gasteiger partial charge on any atom is -0.496 e. The highest BCUT2D eigenvalue weighted by atomic mass is 16.6. The number of carbonyl (C=O) groups excluding carboxylic acids is 4. The lowest BCUT2D eigenvalue weighted by atomic mass is 10.0. The van der Waals surface area contributed by atoms with Crippen LogP contribution >= 0.6 is 0 Å². The fourth-order valence-corrected chi connectivity index (χ4v) is 6.16. The standard InChI is InChI=1S/C40H49N7O7/c1-26-14-17-32(34(23-26)53-22-9-8-11-28(25-48)46-20-18-45(6)19-21-46)47(38(50)41-5)36(49)27-15-16-29(33(24-27)52-7)30-12-10-13-31-35(30)43-37(42-31)44-39(51)54-40(2,3)4/h10,12-17,23-24H,8-9,11,18-22H2,1-7H3,(H,41,50)(H2,42,43,44,51). The van der Waals surface area contributed by atoms with Crippen LogP contribution in [0.1, 0.15) is 56.0 Å². The third-order valence-corrected chi connectivity index (χ3v) is 8.92. The van der Waals surface area contributed by atoms with Gasteiger partial charge in [-0.05, 0) is 96.0 Å². The van der Waals surface area contributed by atoms with Crippen molar-refractivity contribution in [2.75, 3.05) is 64.2 Å². The van der Waals surface area contributed by atoms with Gasteiger partial charge in [0, 0.05) is 49.9 Å². The van der Waals surface area contributed by atoms with E-state index in [2.05, 4.69) is 43.4 Å². The van der Waals surface area contributed by atoms with E-state index in [-0.39, 0.29) is 17.2 Å². The van der Waals surface area contributed by atoms with E-state index in [0.29, 0.717) is 58.8 Å². The monoisotopic (exact) mass is 739 g/mol. The molecule has 1 saturated heterocycles. The van der Waals surface area contributed by atoms with E-state index in [1.165, 1.54) is 14.2 Å². The van der Waals surface area contributed by atoms with E-state index in [0.717, 1.165) is 43.1 Å². The molecule has 2 heterocycles. The first kappa shape index (κ1) is 39.4. The topological polar surface area (TPSA) is 158 Å². The van der Waals surface area contributed by atoms with Crippen LogP contribution in [0.3, 0.4) is 0 Å². The van der Waals surface area contributed by atoms with Gasteiger partial charge in [0.1, 0.15) is 23.0 Å². The van der Waals surface area contributed by atoms with Gasteiger partial charge < -0.3 is 34.3 Å². The predicted octanol–water partition coefficient (Wildman–Crippen LogP) is 6.39. The molecular weight excluding hydrogens is 690 g/mol. The van der Waals surface area contributed by atoms with E-state index < -0.39 is 23.6 Å². The number of carbonyl (C=O) groups is 3. The van der Waals surface area contributed by atoms with Gasteiger partial charge in [0.05, 0.1) is 36.1 Å². The van der Waals surface area contributed by atoms with Gasteiger partial charge in [0.2, 0.25) is 5.95 Å². The fourth-order valence-electron chi connectivity index (χ4n) is 6.16. The van der Waals surface area contributed by atoms with Gasteiger partial charge in [-0.25, -0.2) is 24.3 Å². The van der Waals surface area contributed by atoms with Crippen LogP contribution in [0.25, 0.3) is 22.2 Å². The molecule has 4 amide bonds. The molecule has 0 saturated carbocycles. The number of nitrogens with zero attached hydrogens (tertiary/aromatic N) is 4. The number of allylic oxidation sites excluding steroid dienone is 1. The Hall–Kier alpha value is -5.85. The van der Waals surface area contributed by atoms with Crippen LogP contribution in [-0.2, 0) is 9.53 Å². The molecule has 0 aliphatic carbocycles. The number of aromatic nitrogens is 2. The number of unbranched alkanes of at least 4 members (excludes halogenated alkanes) is 1. The average Bonchev–Trinajstić information content (AvgIpc) is 3.55. The van der Waals surface area contributed by atoms with Gasteiger partial charge in [-0.2, -0.15) is 0 Å². The first-order valence-electron chi connectivity index (χ1n) is 18.0. The number of ether oxygens (including phenoxy) is 3. The quantitative estimate of drug-likeness (QED) is 0.110. The minimum absolute atomic E-state index is 0.198. The van der Waals surface area contributed by atoms with Crippen LogP contribution in [0.4, 0.5) is 21.2 Å². The summed E-state index contributed by atoms with van der Waals surface area (Å²) < 4.78 is 17.3. The number of nitrogens with one attached hydrogen (secondary N) is 3. The first-order valence-corrected chi connectivity index (χ1v) is 18.0. The molecule has 0 spiro atoms. The number of benzene rings is 3. The number of rotatable bonds is 12. The number of H-pyrrole nitrogens is 1. The Bertz CT molecular complexity index is 2040. The van der Waals surface area contributed by atoms with Crippen LogP contribution in [0.15, 0.2) is 60.3 Å². The van der Waals surface area contributed by atoms with Crippen molar-refractivity contribution in [3.8, 4) is 22.6 Å². The van der Waals surface area contributed by atoms with Crippen molar-refractivity contribution in [1.29, 1.82) is 0 Å². The second-order valence-electron chi connectivity index (χ2n) is 14.1. The molecule has 1 fully saturated rings. The predicted molar refractivity (Wildman–Crippen MR) is 208 cm³/mol. The Labute approximate surface area is 315 Å². The van der Waals surface area contributed by atoms with E-state index >= 15 is 0 Å². The van der Waals surface area contributed by atoms with Gasteiger partial charge >= 0.3 is 12.1 Å². The molecule has 286 valence electrons. The second-order valence-corrected chi connectivity index (χ2v) is 14.1. The molecule has 0 radical (unpaired) electrons. The van der Waals surface area contributed by atoms with Crippen LogP contribution in [0.5, 0.6) is 11.5 Å². The maximum Gasteiger partial charge on any atom is 0.414 e. The Kier molecular flexibility index (Phi) is 12.6. The van der Waals surface area contributed by atoms with E-state index in [4.69, 9.17) is 14.2 Å². The zero-order valence-electron chi connectivity index (χ0n) is 32.0. The summed E-state index contributed by atoms with van der Waals surface area (Å²) in [5, 5.41) is 5.22. The average molecular weight is 740 g/mol. The third kappa shape index (κ3) is 9.57. The number of amides is 4. The minimum atomic E-state index is -0.680. The van der Waals surface area contributed by atoms with Crippen molar-refractivity contribution in [2.45, 2.75) is 52.6 Å². The number of aryl methyl sites for hydroxylation is 1. The van der Waals surface area contributed by atoms with E-state index in [9.17, 15) is 19.2 Å². The summed E-state index contributed by atoms with van der Waals surface area (Å²) in [6.45, 7) is 11.0. The summed E-state index contributed by atoms with van der Waals surface area (Å²) in [5.74, 6) is 2.49. The molecule has 14 heteroatoms. The summed E-state index contributed by atoms with van der Waals surface area (Å²) in [5.41, 5.74) is 3.92. The van der Waals surface area contributed by atoms with Crippen LogP contribution in [0.2, 0.25) is 0 Å². The highest BCUT2D eigenvalue weighted by molar-refractivity contribution is 6.21. The zero-order chi connectivity index (χ0) is 39.0. The van der Waals surface area contributed by atoms with Crippen molar-refractivity contribution >= 4 is 46.6 Å². The number of hydrogen-bond acceptors (Lipinski definition) is 10. The number of para-hydroxylation sites is 1. The molecule has 0 atom stereocenters. The summed E-state index contributed by atoms with van der Waals surface area (Å²) in [7, 11) is 5.02. The van der Waals surface area contributed by atoms with E-state index in [1.54, 1.807) is 51.1 Å². The number of methoxy groups -OCH3 is 1. The molecule has 3 N–H and O–H groups in total. The maximum atomic E-state index is 14.2. The fraction of sp³-hybridized carbons (Fsp3) is 0.400. The normalized spacial score (nSPS) is 13.2. The number of anilines is 2. The Morgan fingerprint density at radius 1 is 0.981 bits per heavy atom. The Morgan fingerprint density at radius 2 is 1.74 bits per heavy atom. The lowest BCUT2D eigenvalue weighted by molar-refractivity contribution is 0.0634. The number of urea groups is 1. The van der Waals surface area contributed by atoms with Crippen molar-refractivity contribution in [1.82, 2.24) is 25.1 Å². The van der Waals surface area contributed by atoms with Gasteiger partial charge in [-0.3, -0.25) is 10.1 Å². The SMILES string of the molecule is CNC(=O)N(C(=O)c1ccc(-c2cccc3[nH]c(NC(=O)OC(C)(C)C)nc23)c(OC)c1)c1ccc(C)cc1OCCCCC(=C=O)N1CCN(C)CC1. The number of hydrogen-bond donors (Lipinski definition) is 3. The number of fused-ring (bicyclic) bond motifs is 1. The van der Waals surface area contributed by atoms with Crippen LogP contribution in [0, 0.1) is 6.92 Å². The summed E-state index contributed by atoms with van der Waals surface area (Å²) in [6.07, 6.45) is 1.32. The van der Waals surface area contributed by atoms with Gasteiger partial charge in [-0.15, -0.1) is 0 Å². The number of imide groups is 1. The second kappa shape index (κ2) is 17.3. The molecule has 5 rings (SSSR count). The molecule has 1 aliphatic rings. The molecule has 0 bridgehead atoms. The first-order chi connectivity index (χ1) is 25.8. The Morgan fingerprint density at radius 3 is 2.43 bits per heavy atom. The van der Waals surface area contributed by atoms with E-state index in [1.807, 2.05) is 31.2 Å². The van der Waals surface area contributed by atoms with Crippen LogP contribution in [-0.4, -0.2) is 103 Å². The lowest BCUT2D eigenvalue weighted by Crippen LogP contribution is -2.44. The molecular formula is C40H49N7O7. The largest absolute Gasteiger partial charge is 0.496 e. The highest BCUT2D eigenvalue weighted by Crippen LogP contribution is 2.37. The summed E-state index contributed by atoms with van der Waals surface area (Å²) in [4.78, 5) is 64.7. The van der Waals surface area contributed by atoms with Crippen LogP contribution < -0.4 is 25.0 Å². The zero-order valence-corrected chi connectivity index (χ0v) is 32.0. The van der Waals surface area contributed by atoms with Gasteiger partial charge in [0.25, 0.3) is 5.91 Å². The van der Waals surface area contributed by atoms with Crippen molar-refractivity contribution in [3.05, 3.63) is 71.4 Å². The maximum absolute atomic E-state index is 14.2. The molecule has 1 aromatic heterocycles. The van der Waals surface area contributed by atoms with Crippen molar-refractivity contribution < 1.29 is 33.4 Å². The van der Waals surface area contributed by atoms with Gasteiger partial charge in [-0.1, -0.05) is 18.2 Å². The number of aromatic amines is 1. The molecule has 1 aliphatic heterocycles. The molecule has 3 aromatic carbocycles. The third-order valence-electron chi connectivity index (χ3n) is 8.92. The Balaban J connectivity index is 1.35. The lowest BCUT2D eigenvalue weighted by Gasteiger charge is -2.34. The van der Waals surface area contributed by atoms with Gasteiger partial charge in [0.15, 0.2) is 0 Å². The molecule has 54 heavy (non-hydrogen) atoms. The summed E-state index contributed by atoms with van der Waals surface area (Å²) in [6, 6.07) is 15.1. The molecule has 0 unspecified atom stereocenters. The van der Waals surface area contributed by atoms with Crippen molar-refractivity contribution in [3.63, 3.8) is 0 Å². The highest BCUT2D eigenvalue weighted by Gasteiger charge is 2.28. The van der Waals surface area contributed by atoms with Crippen molar-refractivity contribution in [2.24, 2.45) is 0 Å². The molecule has 14 nitrogen and oxygen atoms in total. The number of piperazine rings is 1. The number of imidazole rings is 1. The smallest absolute Gasteiger partial charge is 0.414 e. The molecule has 4 aromatic rings.